The Morgan fingerprint density at radius 2 is 2.00 bits per heavy atom. The number of benzene rings is 1. The molecular weight excluding hydrogens is 192 g/mol. The van der Waals surface area contributed by atoms with Gasteiger partial charge >= 0.3 is 0 Å². The Hall–Kier alpha value is -2.10. The second-order valence-electron chi connectivity index (χ2n) is 2.82. The molecule has 0 saturated heterocycles. The van der Waals surface area contributed by atoms with E-state index in [1.54, 1.807) is 31.8 Å². The fourth-order valence-corrected chi connectivity index (χ4v) is 1.12. The van der Waals surface area contributed by atoms with E-state index in [9.17, 15) is 0 Å². The minimum absolute atomic E-state index is 0.464. The second kappa shape index (κ2) is 4.41. The third kappa shape index (κ3) is 2.43. The maximum Gasteiger partial charge on any atom is 0.237 e. The highest BCUT2D eigenvalue weighted by Crippen LogP contribution is 2.22. The van der Waals surface area contributed by atoms with Crippen LogP contribution in [-0.2, 0) is 0 Å². The summed E-state index contributed by atoms with van der Waals surface area (Å²) in [7, 11) is 1.61. The number of hydrogen-bond acceptors (Lipinski definition) is 4. The predicted molar refractivity (Wildman–Crippen MR) is 55.1 cm³/mol. The molecule has 0 bridgehead atoms. The van der Waals surface area contributed by atoms with E-state index in [0.29, 0.717) is 11.6 Å². The van der Waals surface area contributed by atoms with Gasteiger partial charge < -0.3 is 9.47 Å². The van der Waals surface area contributed by atoms with Crippen molar-refractivity contribution in [3.63, 3.8) is 0 Å². The Labute approximate surface area is 87.5 Å². The van der Waals surface area contributed by atoms with Crippen molar-refractivity contribution in [1.29, 1.82) is 0 Å². The molecule has 2 aromatic rings. The zero-order valence-electron chi connectivity index (χ0n) is 8.25. The van der Waals surface area contributed by atoms with Crippen LogP contribution in [0.3, 0.4) is 0 Å². The first kappa shape index (κ1) is 9.45. The van der Waals surface area contributed by atoms with E-state index in [4.69, 9.17) is 9.47 Å². The summed E-state index contributed by atoms with van der Waals surface area (Å²) in [6.45, 7) is 0. The van der Waals surface area contributed by atoms with Crippen LogP contribution in [0.15, 0.2) is 42.9 Å². The van der Waals surface area contributed by atoms with E-state index in [-0.39, 0.29) is 0 Å². The monoisotopic (exact) mass is 202 g/mol. The number of aromatic nitrogens is 2. The van der Waals surface area contributed by atoms with Crippen LogP contribution in [0.25, 0.3) is 0 Å². The van der Waals surface area contributed by atoms with Crippen LogP contribution in [-0.4, -0.2) is 17.1 Å². The SMILES string of the molecule is COc1cccc(Oc2cnccn2)c1. The summed E-state index contributed by atoms with van der Waals surface area (Å²) in [5.41, 5.74) is 0. The van der Waals surface area contributed by atoms with Crippen LogP contribution in [0, 0.1) is 0 Å². The molecule has 76 valence electrons. The van der Waals surface area contributed by atoms with Crippen molar-refractivity contribution in [3.05, 3.63) is 42.9 Å². The average molecular weight is 202 g/mol. The first-order chi connectivity index (χ1) is 7.38. The lowest BCUT2D eigenvalue weighted by atomic mass is 10.3. The number of ether oxygens (including phenoxy) is 2. The van der Waals surface area contributed by atoms with Gasteiger partial charge in [0.05, 0.1) is 13.3 Å². The third-order valence-electron chi connectivity index (χ3n) is 1.80. The molecule has 0 fully saturated rings. The molecule has 4 heteroatoms. The molecule has 1 aromatic carbocycles. The van der Waals surface area contributed by atoms with Gasteiger partial charge in [0.2, 0.25) is 5.88 Å². The smallest absolute Gasteiger partial charge is 0.237 e. The minimum Gasteiger partial charge on any atom is -0.497 e. The molecule has 0 unspecified atom stereocenters. The molecule has 1 aromatic heterocycles. The fourth-order valence-electron chi connectivity index (χ4n) is 1.12. The van der Waals surface area contributed by atoms with Crippen LogP contribution >= 0.6 is 0 Å². The van der Waals surface area contributed by atoms with E-state index in [1.165, 1.54) is 0 Å². The molecule has 0 atom stereocenters. The number of rotatable bonds is 3. The van der Waals surface area contributed by atoms with Crippen LogP contribution < -0.4 is 9.47 Å². The molecule has 0 saturated carbocycles. The van der Waals surface area contributed by atoms with E-state index in [2.05, 4.69) is 9.97 Å². The molecule has 0 aliphatic rings. The zero-order valence-corrected chi connectivity index (χ0v) is 8.25. The van der Waals surface area contributed by atoms with Gasteiger partial charge in [-0.3, -0.25) is 4.98 Å². The number of methoxy groups -OCH3 is 1. The minimum atomic E-state index is 0.464. The standard InChI is InChI=1S/C11H10N2O2/c1-14-9-3-2-4-10(7-9)15-11-8-12-5-6-13-11/h2-8H,1H3. The Morgan fingerprint density at radius 3 is 2.73 bits per heavy atom. The zero-order chi connectivity index (χ0) is 10.5. The van der Waals surface area contributed by atoms with Gasteiger partial charge in [-0.1, -0.05) is 6.07 Å². The molecule has 1 heterocycles. The molecule has 0 amide bonds. The molecule has 4 nitrogen and oxygen atoms in total. The molecular formula is C11H10N2O2. The van der Waals surface area contributed by atoms with Gasteiger partial charge in [-0.25, -0.2) is 4.98 Å². The molecule has 2 rings (SSSR count). The lowest BCUT2D eigenvalue weighted by molar-refractivity contribution is 0.407. The van der Waals surface area contributed by atoms with Gasteiger partial charge in [0.25, 0.3) is 0 Å². The fraction of sp³-hybridized carbons (Fsp3) is 0.0909. The third-order valence-corrected chi connectivity index (χ3v) is 1.80. The summed E-state index contributed by atoms with van der Waals surface area (Å²) < 4.78 is 10.5. The quantitative estimate of drug-likeness (QED) is 0.765. The van der Waals surface area contributed by atoms with Gasteiger partial charge in [-0.05, 0) is 12.1 Å². The van der Waals surface area contributed by atoms with Crippen molar-refractivity contribution in [1.82, 2.24) is 9.97 Å². The number of hydrogen-bond donors (Lipinski definition) is 0. The highest BCUT2D eigenvalue weighted by Gasteiger charge is 1.99. The average Bonchev–Trinajstić information content (AvgIpc) is 2.31. The summed E-state index contributed by atoms with van der Waals surface area (Å²) in [6, 6.07) is 7.32. The van der Waals surface area contributed by atoms with Crippen molar-refractivity contribution in [3.8, 4) is 17.4 Å². The molecule has 0 radical (unpaired) electrons. The van der Waals surface area contributed by atoms with Gasteiger partial charge in [0.15, 0.2) is 0 Å². The predicted octanol–water partition coefficient (Wildman–Crippen LogP) is 2.28. The molecule has 0 aliphatic carbocycles. The van der Waals surface area contributed by atoms with Crippen LogP contribution in [0.1, 0.15) is 0 Å². The maximum absolute atomic E-state index is 5.47. The van der Waals surface area contributed by atoms with Crippen molar-refractivity contribution in [2.45, 2.75) is 0 Å². The van der Waals surface area contributed by atoms with Crippen molar-refractivity contribution < 1.29 is 9.47 Å². The Bertz CT molecular complexity index is 432. The Morgan fingerprint density at radius 1 is 1.13 bits per heavy atom. The molecule has 15 heavy (non-hydrogen) atoms. The normalized spacial score (nSPS) is 9.67. The second-order valence-corrected chi connectivity index (χ2v) is 2.82. The summed E-state index contributed by atoms with van der Waals surface area (Å²) >= 11 is 0. The highest BCUT2D eigenvalue weighted by atomic mass is 16.5. The topological polar surface area (TPSA) is 44.2 Å². The maximum atomic E-state index is 5.47. The van der Waals surface area contributed by atoms with Gasteiger partial charge in [-0.15, -0.1) is 0 Å². The lowest BCUT2D eigenvalue weighted by Crippen LogP contribution is -1.89. The first-order valence-electron chi connectivity index (χ1n) is 4.46. The Balaban J connectivity index is 2.17. The molecule has 0 aliphatic heterocycles. The van der Waals surface area contributed by atoms with Crippen molar-refractivity contribution >= 4 is 0 Å². The summed E-state index contributed by atoms with van der Waals surface area (Å²) in [6.07, 6.45) is 4.73. The van der Waals surface area contributed by atoms with Crippen molar-refractivity contribution in [2.24, 2.45) is 0 Å². The van der Waals surface area contributed by atoms with Crippen LogP contribution in [0.2, 0.25) is 0 Å². The van der Waals surface area contributed by atoms with Crippen LogP contribution in [0.4, 0.5) is 0 Å². The lowest BCUT2D eigenvalue weighted by Gasteiger charge is -2.05. The van der Waals surface area contributed by atoms with E-state index in [0.717, 1.165) is 5.75 Å². The summed E-state index contributed by atoms with van der Waals surface area (Å²) in [4.78, 5) is 7.91. The number of nitrogens with zero attached hydrogens (tertiary/aromatic N) is 2. The van der Waals surface area contributed by atoms with E-state index < -0.39 is 0 Å². The van der Waals surface area contributed by atoms with Gasteiger partial charge in [0.1, 0.15) is 11.5 Å². The van der Waals surface area contributed by atoms with E-state index >= 15 is 0 Å². The van der Waals surface area contributed by atoms with Gasteiger partial charge in [-0.2, -0.15) is 0 Å². The largest absolute Gasteiger partial charge is 0.497 e. The first-order valence-corrected chi connectivity index (χ1v) is 4.46. The van der Waals surface area contributed by atoms with Crippen molar-refractivity contribution in [2.75, 3.05) is 7.11 Å². The summed E-state index contributed by atoms with van der Waals surface area (Å²) in [5, 5.41) is 0. The summed E-state index contributed by atoms with van der Waals surface area (Å²) in [5.74, 6) is 1.89. The molecule has 0 spiro atoms. The van der Waals surface area contributed by atoms with E-state index in [1.807, 2.05) is 18.2 Å². The highest BCUT2D eigenvalue weighted by molar-refractivity contribution is 5.34. The Kier molecular flexibility index (Phi) is 2.78. The van der Waals surface area contributed by atoms with Crippen LogP contribution in [0.5, 0.6) is 17.4 Å². The molecule has 0 N–H and O–H groups in total. The van der Waals surface area contributed by atoms with Gasteiger partial charge in [0, 0.05) is 18.5 Å².